The molecule has 0 unspecified atom stereocenters. The first-order valence-electron chi connectivity index (χ1n) is 11.0. The van der Waals surface area contributed by atoms with Crippen LogP contribution in [0.3, 0.4) is 0 Å². The molecule has 29 heavy (non-hydrogen) atoms. The third-order valence-electron chi connectivity index (χ3n) is 6.72. The fraction of sp³-hybridized carbons (Fsp3) is 0.440. The molecule has 5 rings (SSSR count). The number of hydrogen-bond acceptors (Lipinski definition) is 2. The number of likely N-dealkylation sites (tertiary alicyclic amines) is 1. The lowest BCUT2D eigenvalue weighted by atomic mass is 9.90. The van der Waals surface area contributed by atoms with Gasteiger partial charge in [0.05, 0.1) is 11.0 Å². The summed E-state index contributed by atoms with van der Waals surface area (Å²) in [7, 11) is 0. The lowest BCUT2D eigenvalue weighted by molar-refractivity contribution is 0.0690. The van der Waals surface area contributed by atoms with Crippen LogP contribution >= 0.6 is 0 Å². The second-order valence-electron chi connectivity index (χ2n) is 8.91. The van der Waals surface area contributed by atoms with Gasteiger partial charge in [-0.1, -0.05) is 37.3 Å². The largest absolute Gasteiger partial charge is 0.339 e. The average molecular weight is 388 g/mol. The second-order valence-corrected chi connectivity index (χ2v) is 8.91. The smallest absolute Gasteiger partial charge is 0.253 e. The minimum absolute atomic E-state index is 0.157. The van der Waals surface area contributed by atoms with Crippen molar-refractivity contribution in [2.24, 2.45) is 11.8 Å². The molecule has 1 aromatic heterocycles. The first-order valence-corrected chi connectivity index (χ1v) is 11.0. The van der Waals surface area contributed by atoms with Crippen LogP contribution in [0.1, 0.15) is 47.9 Å². The molecule has 1 amide bonds. The Morgan fingerprint density at radius 2 is 1.83 bits per heavy atom. The zero-order valence-electron chi connectivity index (χ0n) is 17.2. The molecule has 1 saturated heterocycles. The first-order chi connectivity index (χ1) is 14.2. The van der Waals surface area contributed by atoms with Crippen LogP contribution in [0.4, 0.5) is 0 Å². The molecule has 0 aliphatic carbocycles. The fourth-order valence-electron chi connectivity index (χ4n) is 4.95. The number of aryl methyl sites for hydroxylation is 1. The van der Waals surface area contributed by atoms with Gasteiger partial charge in [0.2, 0.25) is 0 Å². The van der Waals surface area contributed by atoms with Crippen molar-refractivity contribution in [1.29, 1.82) is 0 Å². The summed E-state index contributed by atoms with van der Waals surface area (Å²) in [5.74, 6) is 2.69. The van der Waals surface area contributed by atoms with Gasteiger partial charge in [-0.25, -0.2) is 4.98 Å². The van der Waals surface area contributed by atoms with E-state index in [2.05, 4.69) is 47.9 Å². The molecule has 2 aliphatic rings. The Kier molecular flexibility index (Phi) is 4.86. The van der Waals surface area contributed by atoms with Crippen LogP contribution in [0, 0.1) is 11.8 Å². The highest BCUT2D eigenvalue weighted by molar-refractivity contribution is 5.97. The molecule has 3 aromatic rings. The molecule has 0 spiro atoms. The maximum atomic E-state index is 13.1. The molecule has 0 bridgehead atoms. The van der Waals surface area contributed by atoms with Gasteiger partial charge in [0.15, 0.2) is 0 Å². The molecule has 0 saturated carbocycles. The summed E-state index contributed by atoms with van der Waals surface area (Å²) in [6.07, 6.45) is 5.52. The Morgan fingerprint density at radius 3 is 2.62 bits per heavy atom. The molecule has 4 heteroatoms. The van der Waals surface area contributed by atoms with E-state index in [9.17, 15) is 4.79 Å². The third kappa shape index (κ3) is 3.68. The van der Waals surface area contributed by atoms with Crippen LogP contribution in [0.15, 0.2) is 48.5 Å². The van der Waals surface area contributed by atoms with Crippen molar-refractivity contribution in [3.63, 3.8) is 0 Å². The topological polar surface area (TPSA) is 38.1 Å². The second kappa shape index (κ2) is 7.66. The van der Waals surface area contributed by atoms with Gasteiger partial charge in [-0.2, -0.15) is 0 Å². The van der Waals surface area contributed by atoms with Crippen LogP contribution in [0.25, 0.3) is 11.0 Å². The van der Waals surface area contributed by atoms with Crippen molar-refractivity contribution in [1.82, 2.24) is 14.5 Å². The van der Waals surface area contributed by atoms with Crippen molar-refractivity contribution in [3.05, 3.63) is 65.5 Å². The van der Waals surface area contributed by atoms with Crippen molar-refractivity contribution < 1.29 is 4.79 Å². The minimum atomic E-state index is 0.157. The number of fused-ring (bicyclic) bond motifs is 3. The highest BCUT2D eigenvalue weighted by Crippen LogP contribution is 2.27. The van der Waals surface area contributed by atoms with E-state index in [0.29, 0.717) is 11.8 Å². The minimum Gasteiger partial charge on any atom is -0.339 e. The van der Waals surface area contributed by atoms with E-state index in [-0.39, 0.29) is 5.91 Å². The van der Waals surface area contributed by atoms with E-state index in [0.717, 1.165) is 56.4 Å². The summed E-state index contributed by atoms with van der Waals surface area (Å²) < 4.78 is 2.33. The third-order valence-corrected chi connectivity index (χ3v) is 6.72. The van der Waals surface area contributed by atoms with Crippen LogP contribution in [0.2, 0.25) is 0 Å². The van der Waals surface area contributed by atoms with Gasteiger partial charge in [-0.15, -0.1) is 0 Å². The Morgan fingerprint density at radius 1 is 1.03 bits per heavy atom. The molecule has 4 nitrogen and oxygen atoms in total. The number of nitrogens with zero attached hydrogens (tertiary/aromatic N) is 3. The van der Waals surface area contributed by atoms with Gasteiger partial charge < -0.3 is 9.47 Å². The predicted molar refractivity (Wildman–Crippen MR) is 116 cm³/mol. The highest BCUT2D eigenvalue weighted by Gasteiger charge is 2.25. The molecule has 3 heterocycles. The van der Waals surface area contributed by atoms with Crippen LogP contribution in [-0.4, -0.2) is 33.4 Å². The van der Waals surface area contributed by atoms with Crippen molar-refractivity contribution in [3.8, 4) is 0 Å². The number of carbonyl (C=O) groups excluding carboxylic acids is 1. The van der Waals surface area contributed by atoms with Gasteiger partial charge in [0.1, 0.15) is 5.82 Å². The van der Waals surface area contributed by atoms with Crippen LogP contribution in [-0.2, 0) is 19.4 Å². The molecule has 1 fully saturated rings. The summed E-state index contributed by atoms with van der Waals surface area (Å²) in [5, 5.41) is 0. The SMILES string of the molecule is C[C@@H]1CCn2c(nc3cc(C(=O)N4CCC(Cc5ccccc5)CC4)ccc32)C1. The summed E-state index contributed by atoms with van der Waals surface area (Å²) in [6, 6.07) is 16.8. The monoisotopic (exact) mass is 387 g/mol. The maximum absolute atomic E-state index is 13.1. The number of amides is 1. The molecular weight excluding hydrogens is 358 g/mol. The molecule has 1 atom stereocenters. The van der Waals surface area contributed by atoms with Crippen LogP contribution in [0.5, 0.6) is 0 Å². The number of hydrogen-bond donors (Lipinski definition) is 0. The predicted octanol–water partition coefficient (Wildman–Crippen LogP) is 4.71. The quantitative estimate of drug-likeness (QED) is 0.653. The lowest BCUT2D eigenvalue weighted by Crippen LogP contribution is -2.38. The van der Waals surface area contributed by atoms with Gasteiger partial charge in [0.25, 0.3) is 5.91 Å². The molecule has 150 valence electrons. The normalized spacial score (nSPS) is 20.0. The number of carbonyl (C=O) groups is 1. The van der Waals surface area contributed by atoms with E-state index in [1.165, 1.54) is 23.3 Å². The maximum Gasteiger partial charge on any atom is 0.253 e. The van der Waals surface area contributed by atoms with E-state index < -0.39 is 0 Å². The van der Waals surface area contributed by atoms with E-state index >= 15 is 0 Å². The number of benzene rings is 2. The fourth-order valence-corrected chi connectivity index (χ4v) is 4.95. The Bertz CT molecular complexity index is 1020. The standard InChI is InChI=1S/C25H29N3O/c1-18-9-14-28-23-8-7-21(17-22(23)26-24(28)15-18)25(29)27-12-10-20(11-13-27)16-19-5-3-2-4-6-19/h2-8,17-18,20H,9-16H2,1H3/t18-/m1/s1. The molecule has 2 aliphatic heterocycles. The van der Waals surface area contributed by atoms with E-state index in [1.807, 2.05) is 17.0 Å². The van der Waals surface area contributed by atoms with Crippen molar-refractivity contribution >= 4 is 16.9 Å². The summed E-state index contributed by atoms with van der Waals surface area (Å²) in [4.78, 5) is 20.0. The number of rotatable bonds is 3. The summed E-state index contributed by atoms with van der Waals surface area (Å²) in [6.45, 7) is 5.03. The first kappa shape index (κ1) is 18.4. The lowest BCUT2D eigenvalue weighted by Gasteiger charge is -2.32. The van der Waals surface area contributed by atoms with E-state index in [4.69, 9.17) is 4.98 Å². The number of piperidine rings is 1. The van der Waals surface area contributed by atoms with Gasteiger partial charge >= 0.3 is 0 Å². The van der Waals surface area contributed by atoms with Gasteiger partial charge in [-0.3, -0.25) is 4.79 Å². The van der Waals surface area contributed by atoms with Crippen molar-refractivity contribution in [2.75, 3.05) is 13.1 Å². The highest BCUT2D eigenvalue weighted by atomic mass is 16.2. The number of aromatic nitrogens is 2. The van der Waals surface area contributed by atoms with E-state index in [1.54, 1.807) is 0 Å². The zero-order chi connectivity index (χ0) is 19.8. The summed E-state index contributed by atoms with van der Waals surface area (Å²) >= 11 is 0. The molecule has 0 N–H and O–H groups in total. The average Bonchev–Trinajstić information content (AvgIpc) is 3.11. The molecular formula is C25H29N3O. The number of imidazole rings is 1. The Labute approximate surface area is 172 Å². The van der Waals surface area contributed by atoms with Crippen molar-refractivity contribution in [2.45, 2.75) is 45.6 Å². The van der Waals surface area contributed by atoms with Gasteiger partial charge in [-0.05, 0) is 61.3 Å². The summed E-state index contributed by atoms with van der Waals surface area (Å²) in [5.41, 5.74) is 4.33. The van der Waals surface area contributed by atoms with Crippen LogP contribution < -0.4 is 0 Å². The Hall–Kier alpha value is -2.62. The Balaban J connectivity index is 1.27. The molecule has 2 aromatic carbocycles. The molecule has 0 radical (unpaired) electrons. The van der Waals surface area contributed by atoms with Gasteiger partial charge in [0, 0.05) is 31.6 Å². The zero-order valence-corrected chi connectivity index (χ0v) is 17.2.